The first kappa shape index (κ1) is 13.4. The van der Waals surface area contributed by atoms with Crippen molar-refractivity contribution in [1.82, 2.24) is 10.2 Å². The van der Waals surface area contributed by atoms with Crippen molar-refractivity contribution in [3.05, 3.63) is 29.8 Å². The second kappa shape index (κ2) is 5.44. The van der Waals surface area contributed by atoms with E-state index < -0.39 is 0 Å². The third kappa shape index (κ3) is 2.40. The second-order valence-corrected chi connectivity index (χ2v) is 6.06. The number of rotatable bonds is 3. The number of phenols is 1. The molecule has 1 aromatic rings. The Balaban J connectivity index is 1.66. The molecule has 0 bridgehead atoms. The van der Waals surface area contributed by atoms with Crippen molar-refractivity contribution in [1.29, 1.82) is 0 Å². The summed E-state index contributed by atoms with van der Waals surface area (Å²) < 4.78 is 0. The van der Waals surface area contributed by atoms with Crippen LogP contribution in [0.3, 0.4) is 0 Å². The van der Waals surface area contributed by atoms with Gasteiger partial charge >= 0.3 is 0 Å². The molecule has 4 heteroatoms. The van der Waals surface area contributed by atoms with Crippen LogP contribution in [0, 0.1) is 11.8 Å². The van der Waals surface area contributed by atoms with E-state index in [9.17, 15) is 9.90 Å². The fourth-order valence-corrected chi connectivity index (χ4v) is 3.67. The van der Waals surface area contributed by atoms with Gasteiger partial charge in [0.15, 0.2) is 0 Å². The standard InChI is InChI=1S/C16H22N2O2/c1-18(10-12-5-2-3-8-14(12)19)16(20)15-13-7-4-6-11(13)9-17-15/h2-3,5,8,11,13,15,17,19H,4,6-7,9-10H2,1H3. The van der Waals surface area contributed by atoms with Gasteiger partial charge in [0.05, 0.1) is 6.04 Å². The van der Waals surface area contributed by atoms with Crippen LogP contribution in [0.2, 0.25) is 0 Å². The lowest BCUT2D eigenvalue weighted by molar-refractivity contribution is -0.133. The lowest BCUT2D eigenvalue weighted by Crippen LogP contribution is -2.44. The molecule has 1 saturated heterocycles. The summed E-state index contributed by atoms with van der Waals surface area (Å²) in [5.41, 5.74) is 0.796. The summed E-state index contributed by atoms with van der Waals surface area (Å²) in [6.45, 7) is 1.44. The average Bonchev–Trinajstić information content (AvgIpc) is 3.03. The summed E-state index contributed by atoms with van der Waals surface area (Å²) in [4.78, 5) is 14.3. The van der Waals surface area contributed by atoms with Crippen molar-refractivity contribution in [3.63, 3.8) is 0 Å². The summed E-state index contributed by atoms with van der Waals surface area (Å²) >= 11 is 0. The first-order chi connectivity index (χ1) is 9.66. The van der Waals surface area contributed by atoms with Gasteiger partial charge in [-0.25, -0.2) is 0 Å². The van der Waals surface area contributed by atoms with Gasteiger partial charge in [-0.1, -0.05) is 24.6 Å². The van der Waals surface area contributed by atoms with Gasteiger partial charge in [0.1, 0.15) is 5.75 Å². The predicted octanol–water partition coefficient (Wildman–Crippen LogP) is 1.74. The smallest absolute Gasteiger partial charge is 0.240 e. The van der Waals surface area contributed by atoms with E-state index in [1.807, 2.05) is 19.2 Å². The van der Waals surface area contributed by atoms with E-state index in [1.165, 1.54) is 19.3 Å². The van der Waals surface area contributed by atoms with Gasteiger partial charge in [0.2, 0.25) is 5.91 Å². The van der Waals surface area contributed by atoms with Crippen molar-refractivity contribution in [3.8, 4) is 5.75 Å². The number of phenolic OH excluding ortho intramolecular Hbond substituents is 1. The van der Waals surface area contributed by atoms with Crippen molar-refractivity contribution >= 4 is 5.91 Å². The summed E-state index contributed by atoms with van der Waals surface area (Å²) in [6, 6.07) is 7.17. The summed E-state index contributed by atoms with van der Waals surface area (Å²) in [5.74, 6) is 1.60. The molecule has 3 atom stereocenters. The van der Waals surface area contributed by atoms with Crippen LogP contribution < -0.4 is 5.32 Å². The molecule has 0 aromatic heterocycles. The van der Waals surface area contributed by atoms with Crippen molar-refractivity contribution < 1.29 is 9.90 Å². The van der Waals surface area contributed by atoms with Crippen LogP contribution in [0.4, 0.5) is 0 Å². The van der Waals surface area contributed by atoms with Crippen LogP contribution in [-0.2, 0) is 11.3 Å². The molecule has 1 aliphatic carbocycles. The van der Waals surface area contributed by atoms with Crippen molar-refractivity contribution in [2.75, 3.05) is 13.6 Å². The monoisotopic (exact) mass is 274 g/mol. The summed E-state index contributed by atoms with van der Waals surface area (Å²) in [6.07, 6.45) is 3.67. The first-order valence-corrected chi connectivity index (χ1v) is 7.42. The van der Waals surface area contributed by atoms with E-state index in [0.29, 0.717) is 18.4 Å². The van der Waals surface area contributed by atoms with E-state index in [0.717, 1.165) is 12.1 Å². The number of amides is 1. The van der Waals surface area contributed by atoms with Gasteiger partial charge in [-0.2, -0.15) is 0 Å². The maximum absolute atomic E-state index is 12.6. The highest BCUT2D eigenvalue weighted by atomic mass is 16.3. The molecule has 1 aliphatic heterocycles. The number of carbonyl (C=O) groups excluding carboxylic acids is 1. The zero-order chi connectivity index (χ0) is 14.1. The topological polar surface area (TPSA) is 52.6 Å². The molecule has 4 nitrogen and oxygen atoms in total. The minimum absolute atomic E-state index is 0.0293. The maximum Gasteiger partial charge on any atom is 0.240 e. The van der Waals surface area contributed by atoms with Crippen molar-refractivity contribution in [2.45, 2.75) is 31.8 Å². The van der Waals surface area contributed by atoms with Crippen LogP contribution in [0.25, 0.3) is 0 Å². The van der Waals surface area contributed by atoms with Crippen LogP contribution in [-0.4, -0.2) is 35.5 Å². The number of hydrogen-bond donors (Lipinski definition) is 2. The van der Waals surface area contributed by atoms with E-state index >= 15 is 0 Å². The number of nitrogens with zero attached hydrogens (tertiary/aromatic N) is 1. The van der Waals surface area contributed by atoms with Gasteiger partial charge in [-0.05, 0) is 37.3 Å². The Bertz CT molecular complexity index is 503. The average molecular weight is 274 g/mol. The number of para-hydroxylation sites is 1. The lowest BCUT2D eigenvalue weighted by Gasteiger charge is -2.25. The third-order valence-corrected chi connectivity index (χ3v) is 4.79. The molecular weight excluding hydrogens is 252 g/mol. The minimum atomic E-state index is -0.0293. The molecule has 1 saturated carbocycles. The lowest BCUT2D eigenvalue weighted by atomic mass is 9.93. The molecule has 108 valence electrons. The van der Waals surface area contributed by atoms with Crippen LogP contribution in [0.15, 0.2) is 24.3 Å². The fraction of sp³-hybridized carbons (Fsp3) is 0.562. The molecule has 1 heterocycles. The molecule has 0 radical (unpaired) electrons. The van der Waals surface area contributed by atoms with E-state index in [2.05, 4.69) is 5.32 Å². The van der Waals surface area contributed by atoms with Crippen LogP contribution >= 0.6 is 0 Å². The number of benzene rings is 1. The van der Waals surface area contributed by atoms with Gasteiger partial charge < -0.3 is 15.3 Å². The highest BCUT2D eigenvalue weighted by molar-refractivity contribution is 5.82. The summed E-state index contributed by atoms with van der Waals surface area (Å²) in [5, 5.41) is 13.2. The molecule has 20 heavy (non-hydrogen) atoms. The molecular formula is C16H22N2O2. The number of aromatic hydroxyl groups is 1. The zero-order valence-electron chi connectivity index (χ0n) is 11.9. The Morgan fingerprint density at radius 2 is 2.20 bits per heavy atom. The molecule has 3 unspecified atom stereocenters. The molecule has 1 amide bonds. The Labute approximate surface area is 119 Å². The quantitative estimate of drug-likeness (QED) is 0.882. The Morgan fingerprint density at radius 3 is 3.00 bits per heavy atom. The third-order valence-electron chi connectivity index (χ3n) is 4.79. The Hall–Kier alpha value is -1.55. The molecule has 2 fully saturated rings. The number of fused-ring (bicyclic) bond motifs is 1. The number of carbonyl (C=O) groups is 1. The van der Waals surface area contributed by atoms with Gasteiger partial charge in [-0.3, -0.25) is 4.79 Å². The summed E-state index contributed by atoms with van der Waals surface area (Å²) in [7, 11) is 1.82. The van der Waals surface area contributed by atoms with Crippen molar-refractivity contribution in [2.24, 2.45) is 11.8 Å². The van der Waals surface area contributed by atoms with Gasteiger partial charge in [-0.15, -0.1) is 0 Å². The SMILES string of the molecule is CN(Cc1ccccc1O)C(=O)C1NCC2CCCC21. The highest BCUT2D eigenvalue weighted by Crippen LogP contribution is 2.38. The molecule has 1 aromatic carbocycles. The van der Waals surface area contributed by atoms with Gasteiger partial charge in [0.25, 0.3) is 0 Å². The van der Waals surface area contributed by atoms with Crippen LogP contribution in [0.5, 0.6) is 5.75 Å². The molecule has 2 N–H and O–H groups in total. The maximum atomic E-state index is 12.6. The van der Waals surface area contributed by atoms with Gasteiger partial charge in [0, 0.05) is 19.2 Å². The van der Waals surface area contributed by atoms with E-state index in [-0.39, 0.29) is 17.7 Å². The first-order valence-electron chi connectivity index (χ1n) is 7.42. The molecule has 0 spiro atoms. The number of likely N-dealkylation sites (N-methyl/N-ethyl adjacent to an activating group) is 1. The van der Waals surface area contributed by atoms with E-state index in [4.69, 9.17) is 0 Å². The van der Waals surface area contributed by atoms with E-state index in [1.54, 1.807) is 17.0 Å². The largest absolute Gasteiger partial charge is 0.508 e. The predicted molar refractivity (Wildman–Crippen MR) is 77.2 cm³/mol. The fourth-order valence-electron chi connectivity index (χ4n) is 3.67. The Kier molecular flexibility index (Phi) is 3.66. The zero-order valence-corrected chi connectivity index (χ0v) is 11.9. The number of hydrogen-bond acceptors (Lipinski definition) is 3. The molecule has 2 aliphatic rings. The minimum Gasteiger partial charge on any atom is -0.508 e. The molecule has 3 rings (SSSR count). The second-order valence-electron chi connectivity index (χ2n) is 6.06. The Morgan fingerprint density at radius 1 is 1.40 bits per heavy atom. The number of nitrogens with one attached hydrogen (secondary N) is 1. The van der Waals surface area contributed by atoms with Crippen LogP contribution in [0.1, 0.15) is 24.8 Å². The normalized spacial score (nSPS) is 28.4. The highest BCUT2D eigenvalue weighted by Gasteiger charge is 2.43.